The van der Waals surface area contributed by atoms with Crippen LogP contribution in [0.15, 0.2) is 24.5 Å². The Labute approximate surface area is 127 Å². The molecule has 4 saturated carbocycles. The number of ketones is 1. The average Bonchev–Trinajstić information content (AvgIpc) is 2.46. The Balaban J connectivity index is 1.50. The van der Waals surface area contributed by atoms with Crippen LogP contribution < -0.4 is 0 Å². The molecule has 21 heavy (non-hydrogen) atoms. The van der Waals surface area contributed by atoms with Crippen LogP contribution in [-0.2, 0) is 4.79 Å². The molecule has 0 aliphatic heterocycles. The lowest BCUT2D eigenvalue weighted by atomic mass is 9.48. The van der Waals surface area contributed by atoms with Crippen LogP contribution in [0, 0.1) is 23.2 Å². The lowest BCUT2D eigenvalue weighted by Gasteiger charge is -2.56. The summed E-state index contributed by atoms with van der Waals surface area (Å²) >= 11 is 0. The van der Waals surface area contributed by atoms with E-state index in [9.17, 15) is 4.79 Å². The molecule has 1 aromatic rings. The van der Waals surface area contributed by atoms with Crippen molar-refractivity contribution < 1.29 is 4.79 Å². The highest BCUT2D eigenvalue weighted by Gasteiger charge is 2.54. The third-order valence-corrected chi connectivity index (χ3v) is 6.37. The summed E-state index contributed by atoms with van der Waals surface area (Å²) in [6.45, 7) is 2.18. The number of nitrogens with zero attached hydrogens (tertiary/aromatic N) is 1. The van der Waals surface area contributed by atoms with Crippen LogP contribution in [0.25, 0.3) is 0 Å². The lowest BCUT2D eigenvalue weighted by Crippen LogP contribution is -2.50. The molecule has 0 radical (unpaired) electrons. The fourth-order valence-electron chi connectivity index (χ4n) is 5.73. The van der Waals surface area contributed by atoms with Crippen LogP contribution >= 0.6 is 0 Å². The number of pyridine rings is 1. The van der Waals surface area contributed by atoms with E-state index in [0.717, 1.165) is 17.8 Å². The van der Waals surface area contributed by atoms with Crippen molar-refractivity contribution in [3.8, 4) is 0 Å². The third kappa shape index (κ3) is 2.33. The van der Waals surface area contributed by atoms with Gasteiger partial charge in [0, 0.05) is 24.2 Å². The van der Waals surface area contributed by atoms with Gasteiger partial charge in [0.25, 0.3) is 0 Å². The maximum atomic E-state index is 13.1. The first-order valence-electron chi connectivity index (χ1n) is 8.58. The summed E-state index contributed by atoms with van der Waals surface area (Å²) in [7, 11) is 0. The van der Waals surface area contributed by atoms with Gasteiger partial charge in [0.1, 0.15) is 5.78 Å². The quantitative estimate of drug-likeness (QED) is 0.821. The van der Waals surface area contributed by atoms with Gasteiger partial charge in [-0.25, -0.2) is 0 Å². The highest BCUT2D eigenvalue weighted by molar-refractivity contribution is 5.86. The minimum atomic E-state index is 0.0607. The van der Waals surface area contributed by atoms with E-state index in [1.165, 1.54) is 44.1 Å². The van der Waals surface area contributed by atoms with Crippen molar-refractivity contribution in [2.45, 2.75) is 57.8 Å². The van der Waals surface area contributed by atoms with Gasteiger partial charge in [-0.05, 0) is 73.8 Å². The largest absolute Gasteiger partial charge is 0.299 e. The van der Waals surface area contributed by atoms with E-state index in [1.807, 2.05) is 12.3 Å². The second kappa shape index (κ2) is 4.93. The van der Waals surface area contributed by atoms with E-state index in [4.69, 9.17) is 0 Å². The molecule has 0 N–H and O–H groups in total. The van der Waals surface area contributed by atoms with Gasteiger partial charge in [-0.1, -0.05) is 13.0 Å². The van der Waals surface area contributed by atoms with Crippen LogP contribution in [0.1, 0.15) is 63.4 Å². The molecule has 2 nitrogen and oxygen atoms in total. The SMILES string of the molecule is C[C@@H](CC(=O)C12CC3CC(CC(C3)C1)C2)c1cccnc1. The Morgan fingerprint density at radius 1 is 1.24 bits per heavy atom. The second-order valence-corrected chi connectivity index (χ2v) is 8.01. The number of aromatic nitrogens is 1. The average molecular weight is 283 g/mol. The molecule has 0 spiro atoms. The molecule has 0 aromatic carbocycles. The number of rotatable bonds is 4. The monoisotopic (exact) mass is 283 g/mol. The zero-order chi connectivity index (χ0) is 14.4. The summed E-state index contributed by atoms with van der Waals surface area (Å²) in [6.07, 6.45) is 12.2. The normalized spacial score (nSPS) is 38.4. The molecule has 0 amide bonds. The smallest absolute Gasteiger partial charge is 0.139 e. The first kappa shape index (κ1) is 13.5. The van der Waals surface area contributed by atoms with Gasteiger partial charge in [-0.3, -0.25) is 9.78 Å². The van der Waals surface area contributed by atoms with Gasteiger partial charge < -0.3 is 0 Å². The first-order valence-corrected chi connectivity index (χ1v) is 8.58. The highest BCUT2D eigenvalue weighted by Crippen LogP contribution is 2.60. The van der Waals surface area contributed by atoms with Gasteiger partial charge in [0.15, 0.2) is 0 Å². The summed E-state index contributed by atoms with van der Waals surface area (Å²) in [5, 5.41) is 0. The van der Waals surface area contributed by atoms with Gasteiger partial charge in [0.05, 0.1) is 0 Å². The number of hydrogen-bond donors (Lipinski definition) is 0. The summed E-state index contributed by atoms with van der Waals surface area (Å²) in [5.74, 6) is 3.42. The maximum Gasteiger partial charge on any atom is 0.139 e. The van der Waals surface area contributed by atoms with E-state index in [1.54, 1.807) is 6.20 Å². The molecule has 2 heteroatoms. The molecule has 112 valence electrons. The Kier molecular flexibility index (Phi) is 3.16. The van der Waals surface area contributed by atoms with Crippen LogP contribution in [0.3, 0.4) is 0 Å². The zero-order valence-corrected chi connectivity index (χ0v) is 12.9. The third-order valence-electron chi connectivity index (χ3n) is 6.37. The molecule has 5 rings (SSSR count). The van der Waals surface area contributed by atoms with Crippen molar-refractivity contribution >= 4 is 5.78 Å². The van der Waals surface area contributed by atoms with Crippen molar-refractivity contribution in [2.24, 2.45) is 23.2 Å². The molecular formula is C19H25NO. The van der Waals surface area contributed by atoms with Crippen molar-refractivity contribution in [3.63, 3.8) is 0 Å². The van der Waals surface area contributed by atoms with Crippen molar-refractivity contribution in [3.05, 3.63) is 30.1 Å². The minimum Gasteiger partial charge on any atom is -0.299 e. The van der Waals surface area contributed by atoms with Gasteiger partial charge in [-0.2, -0.15) is 0 Å². The van der Waals surface area contributed by atoms with Crippen LogP contribution in [0.2, 0.25) is 0 Å². The Morgan fingerprint density at radius 2 is 1.86 bits per heavy atom. The van der Waals surface area contributed by atoms with Crippen molar-refractivity contribution in [1.29, 1.82) is 0 Å². The van der Waals surface area contributed by atoms with Crippen LogP contribution in [-0.4, -0.2) is 10.8 Å². The molecule has 1 heterocycles. The summed E-state index contributed by atoms with van der Waals surface area (Å²) < 4.78 is 0. The topological polar surface area (TPSA) is 30.0 Å². The lowest BCUT2D eigenvalue weighted by molar-refractivity contribution is -0.144. The molecule has 0 unspecified atom stereocenters. The second-order valence-electron chi connectivity index (χ2n) is 8.01. The Hall–Kier alpha value is -1.18. The fourth-order valence-corrected chi connectivity index (χ4v) is 5.73. The standard InChI is InChI=1S/C19H25NO/c1-13(17-3-2-4-20-12-17)5-18(21)19-9-14-6-15(10-19)8-16(7-14)11-19/h2-4,12-16H,5-11H2,1H3/t13-,14?,15?,16?,19?/m0/s1. The Morgan fingerprint density at radius 3 is 2.38 bits per heavy atom. The fraction of sp³-hybridized carbons (Fsp3) is 0.684. The predicted octanol–water partition coefficient (Wildman–Crippen LogP) is 4.36. The molecule has 4 aliphatic rings. The van der Waals surface area contributed by atoms with E-state index >= 15 is 0 Å². The first-order chi connectivity index (χ1) is 10.1. The predicted molar refractivity (Wildman–Crippen MR) is 82.9 cm³/mol. The van der Waals surface area contributed by atoms with Crippen molar-refractivity contribution in [1.82, 2.24) is 4.98 Å². The van der Waals surface area contributed by atoms with Crippen molar-refractivity contribution in [2.75, 3.05) is 0 Å². The summed E-state index contributed by atoms with van der Waals surface area (Å²) in [6, 6.07) is 4.08. The summed E-state index contributed by atoms with van der Waals surface area (Å²) in [5.41, 5.74) is 1.26. The molecule has 4 bridgehead atoms. The maximum absolute atomic E-state index is 13.1. The number of carbonyl (C=O) groups excluding carboxylic acids is 1. The Bertz CT molecular complexity index is 500. The van der Waals surface area contributed by atoms with Gasteiger partial charge in [-0.15, -0.1) is 0 Å². The number of carbonyl (C=O) groups is 1. The van der Waals surface area contributed by atoms with Crippen LogP contribution in [0.4, 0.5) is 0 Å². The molecular weight excluding hydrogens is 258 g/mol. The van der Waals surface area contributed by atoms with E-state index in [2.05, 4.69) is 18.0 Å². The molecule has 1 aromatic heterocycles. The zero-order valence-electron chi connectivity index (χ0n) is 12.9. The summed E-state index contributed by atoms with van der Waals surface area (Å²) in [4.78, 5) is 17.3. The molecule has 0 saturated heterocycles. The van der Waals surface area contributed by atoms with Gasteiger partial charge in [0.2, 0.25) is 0 Å². The number of Topliss-reactive ketones (excluding diaryl/α,β-unsaturated/α-hetero) is 1. The van der Waals surface area contributed by atoms with Gasteiger partial charge >= 0.3 is 0 Å². The van der Waals surface area contributed by atoms with E-state index < -0.39 is 0 Å². The van der Waals surface area contributed by atoms with E-state index in [0.29, 0.717) is 18.1 Å². The minimum absolute atomic E-state index is 0.0607. The van der Waals surface area contributed by atoms with Crippen LogP contribution in [0.5, 0.6) is 0 Å². The highest BCUT2D eigenvalue weighted by atomic mass is 16.1. The van der Waals surface area contributed by atoms with E-state index in [-0.39, 0.29) is 5.41 Å². The molecule has 1 atom stereocenters. The molecule has 4 aliphatic carbocycles. The number of hydrogen-bond acceptors (Lipinski definition) is 2. The molecule has 4 fully saturated rings.